The van der Waals surface area contributed by atoms with E-state index in [2.05, 4.69) is 10.6 Å². The minimum atomic E-state index is -0.968. The number of carbonyl (C=O) groups excluding carboxylic acids is 4. The third-order valence-corrected chi connectivity index (χ3v) is 4.85. The van der Waals surface area contributed by atoms with Crippen molar-refractivity contribution < 1.29 is 23.9 Å². The number of hydrogen-bond donors (Lipinski definition) is 2. The van der Waals surface area contributed by atoms with Crippen LogP contribution < -0.4 is 10.6 Å². The van der Waals surface area contributed by atoms with Crippen molar-refractivity contribution in [1.82, 2.24) is 0 Å². The molecule has 1 atom stereocenters. The summed E-state index contributed by atoms with van der Waals surface area (Å²) in [5, 5.41) is 5.51. The van der Waals surface area contributed by atoms with Crippen LogP contribution in [0.2, 0.25) is 0 Å². The Morgan fingerprint density at radius 1 is 0.967 bits per heavy atom. The Morgan fingerprint density at radius 3 is 2.30 bits per heavy atom. The van der Waals surface area contributed by atoms with Gasteiger partial charge in [-0.2, -0.15) is 0 Å². The number of carbonyl (C=O) groups is 4. The number of nitrogens with one attached hydrogen (secondary N) is 2. The molecule has 0 spiro atoms. The molecule has 0 saturated carbocycles. The molecule has 30 heavy (non-hydrogen) atoms. The zero-order valence-electron chi connectivity index (χ0n) is 17.2. The van der Waals surface area contributed by atoms with E-state index in [-0.39, 0.29) is 23.5 Å². The zero-order chi connectivity index (χ0) is 21.8. The third-order valence-electron chi connectivity index (χ3n) is 4.85. The summed E-state index contributed by atoms with van der Waals surface area (Å²) in [6.45, 7) is 5.11. The Kier molecular flexibility index (Phi) is 6.30. The molecule has 156 valence electrons. The van der Waals surface area contributed by atoms with Gasteiger partial charge in [0.1, 0.15) is 0 Å². The maximum absolute atomic E-state index is 12.6. The van der Waals surface area contributed by atoms with E-state index < -0.39 is 12.1 Å². The summed E-state index contributed by atoms with van der Waals surface area (Å²) in [7, 11) is 0. The van der Waals surface area contributed by atoms with Crippen LogP contribution in [0.4, 0.5) is 11.4 Å². The van der Waals surface area contributed by atoms with Gasteiger partial charge < -0.3 is 15.4 Å². The fourth-order valence-corrected chi connectivity index (χ4v) is 3.03. The SMILES string of the molecule is CC(C)C(=O)Nc1ccc(C(=O)[C@@H](C)OC(=O)c2ccc3c(c2)CCC(=O)N3)cc1. The van der Waals surface area contributed by atoms with Gasteiger partial charge in [-0.25, -0.2) is 4.79 Å². The minimum absolute atomic E-state index is 0.0492. The van der Waals surface area contributed by atoms with E-state index in [1.165, 1.54) is 6.92 Å². The number of benzene rings is 2. The quantitative estimate of drug-likeness (QED) is 0.562. The van der Waals surface area contributed by atoms with Crippen molar-refractivity contribution in [3.63, 3.8) is 0 Å². The highest BCUT2D eigenvalue weighted by molar-refractivity contribution is 6.02. The van der Waals surface area contributed by atoms with E-state index in [0.717, 1.165) is 5.56 Å². The summed E-state index contributed by atoms with van der Waals surface area (Å²) in [6, 6.07) is 11.4. The van der Waals surface area contributed by atoms with Crippen LogP contribution in [0, 0.1) is 5.92 Å². The van der Waals surface area contributed by atoms with E-state index in [0.29, 0.717) is 35.3 Å². The number of Topliss-reactive ketones (excluding diaryl/α,β-unsaturated/α-hetero) is 1. The van der Waals surface area contributed by atoms with E-state index in [1.807, 2.05) is 0 Å². The standard InChI is InChI=1S/C23H24N2O5/c1-13(2)22(28)24-18-8-4-15(5-9-18)21(27)14(3)30-23(29)17-6-10-19-16(12-17)7-11-20(26)25-19/h4-6,8-10,12-14H,7,11H2,1-3H3,(H,24,28)(H,25,26)/t14-/m1/s1. The Bertz CT molecular complexity index is 995. The molecular formula is C23H24N2O5. The van der Waals surface area contributed by atoms with Crippen LogP contribution >= 0.6 is 0 Å². The molecule has 0 fully saturated rings. The fourth-order valence-electron chi connectivity index (χ4n) is 3.03. The predicted molar refractivity (Wildman–Crippen MR) is 113 cm³/mol. The molecule has 2 aromatic carbocycles. The van der Waals surface area contributed by atoms with Gasteiger partial charge in [0.15, 0.2) is 6.10 Å². The Hall–Kier alpha value is -3.48. The van der Waals surface area contributed by atoms with Crippen molar-refractivity contribution in [2.45, 2.75) is 39.7 Å². The van der Waals surface area contributed by atoms with Gasteiger partial charge in [0, 0.05) is 29.3 Å². The Labute approximate surface area is 174 Å². The molecule has 2 aromatic rings. The molecule has 2 N–H and O–H groups in total. The second kappa shape index (κ2) is 8.90. The number of fused-ring (bicyclic) bond motifs is 1. The summed E-state index contributed by atoms with van der Waals surface area (Å²) >= 11 is 0. The van der Waals surface area contributed by atoms with Crippen LogP contribution in [0.25, 0.3) is 0 Å². The molecule has 0 aromatic heterocycles. The van der Waals surface area contributed by atoms with E-state index in [1.54, 1.807) is 56.3 Å². The van der Waals surface area contributed by atoms with Crippen LogP contribution in [-0.2, 0) is 20.7 Å². The topological polar surface area (TPSA) is 102 Å². The first kappa shape index (κ1) is 21.2. The summed E-state index contributed by atoms with van der Waals surface area (Å²) in [5.41, 5.74) is 2.86. The summed E-state index contributed by atoms with van der Waals surface area (Å²) in [4.78, 5) is 48.3. The van der Waals surface area contributed by atoms with Crippen LogP contribution in [0.3, 0.4) is 0 Å². The molecule has 0 radical (unpaired) electrons. The highest BCUT2D eigenvalue weighted by Crippen LogP contribution is 2.24. The van der Waals surface area contributed by atoms with Crippen molar-refractivity contribution in [3.8, 4) is 0 Å². The zero-order valence-corrected chi connectivity index (χ0v) is 17.2. The van der Waals surface area contributed by atoms with Gasteiger partial charge in [0.05, 0.1) is 5.56 Å². The lowest BCUT2D eigenvalue weighted by molar-refractivity contribution is -0.119. The van der Waals surface area contributed by atoms with Gasteiger partial charge >= 0.3 is 5.97 Å². The first-order valence-electron chi connectivity index (χ1n) is 9.83. The molecule has 1 heterocycles. The van der Waals surface area contributed by atoms with Gasteiger partial charge in [0.25, 0.3) is 0 Å². The largest absolute Gasteiger partial charge is 0.451 e. The van der Waals surface area contributed by atoms with Crippen LogP contribution in [0.1, 0.15) is 53.5 Å². The summed E-state index contributed by atoms with van der Waals surface area (Å²) < 4.78 is 5.35. The molecule has 1 aliphatic rings. The Balaban J connectivity index is 1.63. The second-order valence-corrected chi connectivity index (χ2v) is 7.55. The lowest BCUT2D eigenvalue weighted by Crippen LogP contribution is -2.25. The van der Waals surface area contributed by atoms with Gasteiger partial charge in [-0.1, -0.05) is 13.8 Å². The number of esters is 1. The Morgan fingerprint density at radius 2 is 1.63 bits per heavy atom. The van der Waals surface area contributed by atoms with E-state index in [9.17, 15) is 19.2 Å². The molecule has 0 aliphatic carbocycles. The molecule has 3 rings (SSSR count). The monoisotopic (exact) mass is 408 g/mol. The molecule has 7 heteroatoms. The average molecular weight is 408 g/mol. The molecule has 0 unspecified atom stereocenters. The van der Waals surface area contributed by atoms with Crippen molar-refractivity contribution in [2.24, 2.45) is 5.92 Å². The average Bonchev–Trinajstić information content (AvgIpc) is 2.73. The van der Waals surface area contributed by atoms with Crippen molar-refractivity contribution in [1.29, 1.82) is 0 Å². The van der Waals surface area contributed by atoms with Crippen LogP contribution in [0.5, 0.6) is 0 Å². The maximum Gasteiger partial charge on any atom is 0.338 e. The smallest absolute Gasteiger partial charge is 0.338 e. The van der Waals surface area contributed by atoms with Gasteiger partial charge in [0.2, 0.25) is 17.6 Å². The number of amides is 2. The molecule has 1 aliphatic heterocycles. The predicted octanol–water partition coefficient (Wildman–Crippen LogP) is 3.59. The lowest BCUT2D eigenvalue weighted by Gasteiger charge is -2.18. The second-order valence-electron chi connectivity index (χ2n) is 7.55. The molecular weight excluding hydrogens is 384 g/mol. The molecule has 2 amide bonds. The fraction of sp³-hybridized carbons (Fsp3) is 0.304. The number of aryl methyl sites for hydroxylation is 1. The number of anilines is 2. The van der Waals surface area contributed by atoms with Gasteiger partial charge in [-0.3, -0.25) is 14.4 Å². The highest BCUT2D eigenvalue weighted by atomic mass is 16.5. The van der Waals surface area contributed by atoms with E-state index >= 15 is 0 Å². The highest BCUT2D eigenvalue weighted by Gasteiger charge is 2.22. The van der Waals surface area contributed by atoms with Gasteiger partial charge in [-0.05, 0) is 61.4 Å². The molecule has 0 bridgehead atoms. The third kappa shape index (κ3) is 4.92. The first-order chi connectivity index (χ1) is 14.2. The number of rotatable bonds is 6. The van der Waals surface area contributed by atoms with Crippen molar-refractivity contribution in [2.75, 3.05) is 10.6 Å². The van der Waals surface area contributed by atoms with Crippen molar-refractivity contribution in [3.05, 3.63) is 59.2 Å². The maximum atomic E-state index is 12.6. The van der Waals surface area contributed by atoms with E-state index in [4.69, 9.17) is 4.74 Å². The summed E-state index contributed by atoms with van der Waals surface area (Å²) in [6.07, 6.45) is -0.0471. The van der Waals surface area contributed by atoms with Crippen LogP contribution in [0.15, 0.2) is 42.5 Å². The minimum Gasteiger partial charge on any atom is -0.451 e. The molecule has 0 saturated heterocycles. The summed E-state index contributed by atoms with van der Waals surface area (Å²) in [5.74, 6) is -1.25. The van der Waals surface area contributed by atoms with Crippen molar-refractivity contribution >= 4 is 34.9 Å². The first-order valence-corrected chi connectivity index (χ1v) is 9.83. The normalized spacial score (nSPS) is 13.8. The number of hydrogen-bond acceptors (Lipinski definition) is 5. The number of ether oxygens (including phenoxy) is 1. The van der Waals surface area contributed by atoms with Crippen LogP contribution in [-0.4, -0.2) is 29.7 Å². The number of ketones is 1. The lowest BCUT2D eigenvalue weighted by atomic mass is 10.0. The van der Waals surface area contributed by atoms with Gasteiger partial charge in [-0.15, -0.1) is 0 Å². The molecule has 7 nitrogen and oxygen atoms in total.